The minimum Gasteiger partial charge on any atom is -0.409 e. The van der Waals surface area contributed by atoms with E-state index >= 15 is 0 Å². The number of nitrogens with zero attached hydrogens (tertiary/aromatic N) is 2. The molecule has 102 valence electrons. The molecule has 5 N–H and O–H groups in total. The van der Waals surface area contributed by atoms with Crippen molar-refractivity contribution in [2.45, 2.75) is 25.4 Å². The SMILES string of the molecule is NC(=NO)c1cc(CNCC2CCC(=O)N2)ccn1. The van der Waals surface area contributed by atoms with Crippen LogP contribution in [0.25, 0.3) is 0 Å². The first-order chi connectivity index (χ1) is 9.19. The summed E-state index contributed by atoms with van der Waals surface area (Å²) in [6, 6.07) is 3.82. The van der Waals surface area contributed by atoms with Gasteiger partial charge in [-0.25, -0.2) is 0 Å². The number of carbonyl (C=O) groups excluding carboxylic acids is 1. The molecule has 1 atom stereocenters. The number of hydrogen-bond donors (Lipinski definition) is 4. The molecule has 19 heavy (non-hydrogen) atoms. The fourth-order valence-electron chi connectivity index (χ4n) is 2.00. The molecule has 1 saturated heterocycles. The number of oxime groups is 1. The minimum atomic E-state index is -0.00935. The molecule has 1 aromatic rings. The molecule has 7 nitrogen and oxygen atoms in total. The van der Waals surface area contributed by atoms with Crippen LogP contribution in [0.2, 0.25) is 0 Å². The second-order valence-corrected chi connectivity index (χ2v) is 4.47. The number of carbonyl (C=O) groups is 1. The smallest absolute Gasteiger partial charge is 0.220 e. The molecule has 1 amide bonds. The van der Waals surface area contributed by atoms with Gasteiger partial charge in [0.1, 0.15) is 5.69 Å². The van der Waals surface area contributed by atoms with E-state index in [0.717, 1.165) is 18.5 Å². The second kappa shape index (κ2) is 6.14. The summed E-state index contributed by atoms with van der Waals surface area (Å²) >= 11 is 0. The predicted molar refractivity (Wildman–Crippen MR) is 69.6 cm³/mol. The summed E-state index contributed by atoms with van der Waals surface area (Å²) in [4.78, 5) is 15.0. The zero-order chi connectivity index (χ0) is 13.7. The van der Waals surface area contributed by atoms with Crippen molar-refractivity contribution in [2.24, 2.45) is 10.9 Å². The van der Waals surface area contributed by atoms with Crippen molar-refractivity contribution in [3.05, 3.63) is 29.6 Å². The quantitative estimate of drug-likeness (QED) is 0.249. The average Bonchev–Trinajstić information content (AvgIpc) is 2.84. The fourth-order valence-corrected chi connectivity index (χ4v) is 2.00. The molecule has 0 radical (unpaired) electrons. The van der Waals surface area contributed by atoms with Crippen LogP contribution in [0.4, 0.5) is 0 Å². The van der Waals surface area contributed by atoms with Crippen molar-refractivity contribution in [1.82, 2.24) is 15.6 Å². The number of nitrogens with one attached hydrogen (secondary N) is 2. The summed E-state index contributed by atoms with van der Waals surface area (Å²) in [5.41, 5.74) is 6.90. The number of nitrogens with two attached hydrogens (primary N) is 1. The summed E-state index contributed by atoms with van der Waals surface area (Å²) < 4.78 is 0. The molecule has 0 bridgehead atoms. The second-order valence-electron chi connectivity index (χ2n) is 4.47. The molecule has 0 aliphatic carbocycles. The number of amidine groups is 1. The number of rotatable bonds is 5. The molecule has 2 heterocycles. The van der Waals surface area contributed by atoms with E-state index in [1.807, 2.05) is 6.07 Å². The van der Waals surface area contributed by atoms with E-state index in [1.165, 1.54) is 0 Å². The van der Waals surface area contributed by atoms with Crippen LogP contribution in [0.15, 0.2) is 23.5 Å². The molecule has 1 unspecified atom stereocenters. The third kappa shape index (κ3) is 3.65. The van der Waals surface area contributed by atoms with E-state index in [9.17, 15) is 4.79 Å². The highest BCUT2D eigenvalue weighted by Gasteiger charge is 2.19. The van der Waals surface area contributed by atoms with Crippen LogP contribution in [0.5, 0.6) is 0 Å². The molecule has 0 saturated carbocycles. The van der Waals surface area contributed by atoms with Crippen LogP contribution in [0.1, 0.15) is 24.1 Å². The van der Waals surface area contributed by atoms with Gasteiger partial charge in [-0.2, -0.15) is 0 Å². The maximum atomic E-state index is 11.0. The molecule has 1 aromatic heterocycles. The Labute approximate surface area is 110 Å². The van der Waals surface area contributed by atoms with Crippen LogP contribution >= 0.6 is 0 Å². The fraction of sp³-hybridized carbons (Fsp3) is 0.417. The Morgan fingerprint density at radius 2 is 2.53 bits per heavy atom. The number of pyridine rings is 1. The first-order valence-electron chi connectivity index (χ1n) is 6.12. The zero-order valence-electron chi connectivity index (χ0n) is 10.5. The highest BCUT2D eigenvalue weighted by molar-refractivity contribution is 5.95. The van der Waals surface area contributed by atoms with Gasteiger partial charge in [-0.3, -0.25) is 9.78 Å². The van der Waals surface area contributed by atoms with Gasteiger partial charge in [0, 0.05) is 31.7 Å². The van der Waals surface area contributed by atoms with Crippen molar-refractivity contribution in [2.75, 3.05) is 6.54 Å². The van der Waals surface area contributed by atoms with Gasteiger partial charge in [0.15, 0.2) is 5.84 Å². The van der Waals surface area contributed by atoms with E-state index in [1.54, 1.807) is 12.3 Å². The lowest BCUT2D eigenvalue weighted by molar-refractivity contribution is -0.119. The first kappa shape index (κ1) is 13.3. The van der Waals surface area contributed by atoms with Gasteiger partial charge in [0.2, 0.25) is 5.91 Å². The Bertz CT molecular complexity index is 489. The maximum absolute atomic E-state index is 11.0. The summed E-state index contributed by atoms with van der Waals surface area (Å²) in [5, 5.41) is 17.7. The normalized spacial score (nSPS) is 19.5. The lowest BCUT2D eigenvalue weighted by Crippen LogP contribution is -2.35. The van der Waals surface area contributed by atoms with Gasteiger partial charge in [0.05, 0.1) is 0 Å². The van der Waals surface area contributed by atoms with Crippen LogP contribution in [0.3, 0.4) is 0 Å². The lowest BCUT2D eigenvalue weighted by atomic mass is 10.2. The first-order valence-corrected chi connectivity index (χ1v) is 6.12. The lowest BCUT2D eigenvalue weighted by Gasteiger charge is -2.11. The van der Waals surface area contributed by atoms with Gasteiger partial charge in [-0.15, -0.1) is 0 Å². The predicted octanol–water partition coefficient (Wildman–Crippen LogP) is -0.456. The molecular formula is C12H17N5O2. The van der Waals surface area contributed by atoms with Crippen molar-refractivity contribution in [3.63, 3.8) is 0 Å². The van der Waals surface area contributed by atoms with Crippen LogP contribution in [-0.2, 0) is 11.3 Å². The number of aromatic nitrogens is 1. The molecule has 0 spiro atoms. The Kier molecular flexibility index (Phi) is 4.30. The maximum Gasteiger partial charge on any atom is 0.220 e. The molecule has 0 aromatic carbocycles. The van der Waals surface area contributed by atoms with Crippen molar-refractivity contribution in [3.8, 4) is 0 Å². The van der Waals surface area contributed by atoms with Gasteiger partial charge in [-0.1, -0.05) is 5.16 Å². The Hall–Kier alpha value is -2.15. The van der Waals surface area contributed by atoms with Gasteiger partial charge < -0.3 is 21.6 Å². The van der Waals surface area contributed by atoms with E-state index in [4.69, 9.17) is 10.9 Å². The van der Waals surface area contributed by atoms with Gasteiger partial charge in [-0.05, 0) is 24.1 Å². The highest BCUT2D eigenvalue weighted by Crippen LogP contribution is 2.06. The number of amides is 1. The van der Waals surface area contributed by atoms with Gasteiger partial charge in [0.25, 0.3) is 0 Å². The zero-order valence-corrected chi connectivity index (χ0v) is 10.5. The van der Waals surface area contributed by atoms with Crippen molar-refractivity contribution >= 4 is 11.7 Å². The standard InChI is InChI=1S/C12H17N5O2/c13-12(17-19)10-5-8(3-4-15-10)6-14-7-9-1-2-11(18)16-9/h3-5,9,14,19H,1-2,6-7H2,(H2,13,17)(H,16,18). The summed E-state index contributed by atoms with van der Waals surface area (Å²) in [7, 11) is 0. The Morgan fingerprint density at radius 3 is 3.21 bits per heavy atom. The molecule has 1 aliphatic rings. The molecule has 2 rings (SSSR count). The third-order valence-corrected chi connectivity index (χ3v) is 3.00. The largest absolute Gasteiger partial charge is 0.409 e. The van der Waals surface area contributed by atoms with E-state index in [0.29, 0.717) is 18.7 Å². The summed E-state index contributed by atoms with van der Waals surface area (Å²) in [5.74, 6) is 0.106. The third-order valence-electron chi connectivity index (χ3n) is 3.00. The van der Waals surface area contributed by atoms with Gasteiger partial charge >= 0.3 is 0 Å². The minimum absolute atomic E-state index is 0.00935. The number of hydrogen-bond acceptors (Lipinski definition) is 5. The van der Waals surface area contributed by atoms with Crippen LogP contribution in [0, 0.1) is 0 Å². The van der Waals surface area contributed by atoms with E-state index < -0.39 is 0 Å². The van der Waals surface area contributed by atoms with Crippen molar-refractivity contribution < 1.29 is 10.0 Å². The highest BCUT2D eigenvalue weighted by atomic mass is 16.4. The van der Waals surface area contributed by atoms with E-state index in [2.05, 4.69) is 20.8 Å². The van der Waals surface area contributed by atoms with Crippen LogP contribution < -0.4 is 16.4 Å². The Morgan fingerprint density at radius 1 is 1.68 bits per heavy atom. The van der Waals surface area contributed by atoms with Crippen molar-refractivity contribution in [1.29, 1.82) is 0 Å². The van der Waals surface area contributed by atoms with Crippen LogP contribution in [-0.4, -0.2) is 34.5 Å². The monoisotopic (exact) mass is 263 g/mol. The van der Waals surface area contributed by atoms with E-state index in [-0.39, 0.29) is 17.8 Å². The topological polar surface area (TPSA) is 113 Å². The summed E-state index contributed by atoms with van der Waals surface area (Å²) in [6.07, 6.45) is 3.09. The molecular weight excluding hydrogens is 246 g/mol. The average molecular weight is 263 g/mol. The molecule has 7 heteroatoms. The molecule has 1 fully saturated rings. The summed E-state index contributed by atoms with van der Waals surface area (Å²) in [6.45, 7) is 1.37. The Balaban J connectivity index is 1.84. The molecule has 1 aliphatic heterocycles.